The number of thiazole rings is 1. The number of carbonyl (C=O) groups excluding carboxylic acids is 1. The number of allylic oxidation sites excluding steroid dienone is 2. The Kier molecular flexibility index (Phi) is 4.60. The number of aromatic nitrogens is 1. The average Bonchev–Trinajstić information content (AvgIpc) is 3.08. The number of hydrogen-bond acceptors (Lipinski definition) is 3. The molecule has 0 spiro atoms. The van der Waals surface area contributed by atoms with Crippen molar-refractivity contribution in [3.63, 3.8) is 0 Å². The van der Waals surface area contributed by atoms with Gasteiger partial charge in [0.05, 0.1) is 16.6 Å². The summed E-state index contributed by atoms with van der Waals surface area (Å²) in [5.74, 6) is 1.51. The van der Waals surface area contributed by atoms with Gasteiger partial charge < -0.3 is 0 Å². The van der Waals surface area contributed by atoms with E-state index >= 15 is 0 Å². The van der Waals surface area contributed by atoms with Gasteiger partial charge in [0.15, 0.2) is 5.78 Å². The fourth-order valence-electron chi connectivity index (χ4n) is 5.22. The van der Waals surface area contributed by atoms with E-state index in [4.69, 9.17) is 4.98 Å². The molecule has 3 heteroatoms. The third kappa shape index (κ3) is 2.68. The maximum Gasteiger partial charge on any atom is 0.160 e. The van der Waals surface area contributed by atoms with E-state index in [2.05, 4.69) is 51.1 Å². The zero-order valence-electron chi connectivity index (χ0n) is 15.9. The second-order valence-electron chi connectivity index (χ2n) is 8.24. The third-order valence-electron chi connectivity index (χ3n) is 6.08. The number of rotatable bonds is 4. The van der Waals surface area contributed by atoms with E-state index in [0.717, 1.165) is 31.3 Å². The maximum absolute atomic E-state index is 13.4. The quantitative estimate of drug-likeness (QED) is 0.694. The van der Waals surface area contributed by atoms with Crippen LogP contribution in [0, 0.1) is 11.8 Å². The lowest BCUT2D eigenvalue weighted by Gasteiger charge is -2.43. The molecule has 0 saturated heterocycles. The SMILES string of the molecule is CCC1(c2ccccc2)C2=C(Cc3ncsc31)CC(CC(C)C)CC2=O. The number of fused-ring (bicyclic) bond motifs is 1. The molecule has 1 aromatic carbocycles. The van der Waals surface area contributed by atoms with Gasteiger partial charge in [0.2, 0.25) is 0 Å². The van der Waals surface area contributed by atoms with Crippen LogP contribution in [0.4, 0.5) is 0 Å². The zero-order chi connectivity index (χ0) is 18.3. The number of Topliss-reactive ketones (excluding diaryl/α,β-unsaturated/α-hetero) is 1. The average molecular weight is 366 g/mol. The van der Waals surface area contributed by atoms with E-state index in [-0.39, 0.29) is 5.41 Å². The van der Waals surface area contributed by atoms with E-state index in [1.807, 2.05) is 5.51 Å². The van der Waals surface area contributed by atoms with Crippen molar-refractivity contribution in [3.05, 3.63) is 63.1 Å². The fourth-order valence-corrected chi connectivity index (χ4v) is 6.33. The Morgan fingerprint density at radius 3 is 2.69 bits per heavy atom. The molecule has 0 N–H and O–H groups in total. The number of carbonyl (C=O) groups is 1. The molecule has 2 aliphatic carbocycles. The summed E-state index contributed by atoms with van der Waals surface area (Å²) in [6.07, 6.45) is 4.68. The summed E-state index contributed by atoms with van der Waals surface area (Å²) >= 11 is 1.72. The highest BCUT2D eigenvalue weighted by Crippen LogP contribution is 2.53. The Morgan fingerprint density at radius 1 is 1.23 bits per heavy atom. The molecule has 2 nitrogen and oxygen atoms in total. The summed E-state index contributed by atoms with van der Waals surface area (Å²) in [5, 5.41) is 0. The molecule has 136 valence electrons. The molecule has 2 aliphatic rings. The van der Waals surface area contributed by atoms with Gasteiger partial charge in [0.25, 0.3) is 0 Å². The summed E-state index contributed by atoms with van der Waals surface area (Å²) in [7, 11) is 0. The van der Waals surface area contributed by atoms with Crippen LogP contribution >= 0.6 is 11.3 Å². The van der Waals surface area contributed by atoms with E-state index in [0.29, 0.717) is 24.0 Å². The summed E-state index contributed by atoms with van der Waals surface area (Å²) in [6.45, 7) is 6.74. The van der Waals surface area contributed by atoms with Crippen molar-refractivity contribution in [2.24, 2.45) is 11.8 Å². The van der Waals surface area contributed by atoms with Gasteiger partial charge >= 0.3 is 0 Å². The van der Waals surface area contributed by atoms with Gasteiger partial charge in [-0.15, -0.1) is 11.3 Å². The highest BCUT2D eigenvalue weighted by atomic mass is 32.1. The van der Waals surface area contributed by atoms with Crippen LogP contribution in [0.25, 0.3) is 0 Å². The lowest BCUT2D eigenvalue weighted by molar-refractivity contribution is -0.117. The molecule has 0 fully saturated rings. The Balaban J connectivity index is 1.89. The van der Waals surface area contributed by atoms with E-state index in [1.54, 1.807) is 11.3 Å². The molecule has 2 atom stereocenters. The lowest BCUT2D eigenvalue weighted by Crippen LogP contribution is -2.40. The fraction of sp³-hybridized carbons (Fsp3) is 0.478. The summed E-state index contributed by atoms with van der Waals surface area (Å²) in [4.78, 5) is 19.4. The first kappa shape index (κ1) is 17.7. The van der Waals surface area contributed by atoms with E-state index in [1.165, 1.54) is 21.7 Å². The molecule has 2 unspecified atom stereocenters. The van der Waals surface area contributed by atoms with Gasteiger partial charge in [-0.05, 0) is 36.7 Å². The topological polar surface area (TPSA) is 30.0 Å². The summed E-state index contributed by atoms with van der Waals surface area (Å²) < 4.78 is 0. The molecular formula is C23H27NOS. The van der Waals surface area contributed by atoms with Crippen molar-refractivity contribution >= 4 is 17.1 Å². The van der Waals surface area contributed by atoms with Crippen molar-refractivity contribution in [2.75, 3.05) is 0 Å². The normalized spacial score (nSPS) is 25.4. The van der Waals surface area contributed by atoms with Crippen molar-refractivity contribution in [1.29, 1.82) is 0 Å². The smallest absolute Gasteiger partial charge is 0.160 e. The largest absolute Gasteiger partial charge is 0.294 e. The standard InChI is InChI=1S/C23H27NOS/c1-4-23(18-8-6-5-7-9-18)21-17(13-19-22(23)26-14-24-19)11-16(10-15(2)3)12-20(21)25/h5-9,14-16H,4,10-13H2,1-3H3. The Morgan fingerprint density at radius 2 is 2.00 bits per heavy atom. The zero-order valence-corrected chi connectivity index (χ0v) is 16.7. The maximum atomic E-state index is 13.4. The lowest BCUT2D eigenvalue weighted by atomic mass is 9.60. The molecule has 1 aromatic heterocycles. The van der Waals surface area contributed by atoms with Crippen LogP contribution in [-0.4, -0.2) is 10.8 Å². The Bertz CT molecular complexity index is 848. The highest BCUT2D eigenvalue weighted by molar-refractivity contribution is 7.10. The van der Waals surface area contributed by atoms with Gasteiger partial charge in [-0.25, -0.2) is 4.98 Å². The van der Waals surface area contributed by atoms with Gasteiger partial charge in [0, 0.05) is 23.3 Å². The molecule has 0 saturated carbocycles. The highest BCUT2D eigenvalue weighted by Gasteiger charge is 2.48. The molecule has 0 amide bonds. The predicted molar refractivity (Wildman–Crippen MR) is 108 cm³/mol. The first-order chi connectivity index (χ1) is 12.6. The van der Waals surface area contributed by atoms with Crippen LogP contribution in [0.3, 0.4) is 0 Å². The van der Waals surface area contributed by atoms with Crippen LogP contribution < -0.4 is 0 Å². The minimum absolute atomic E-state index is 0.300. The molecule has 0 aliphatic heterocycles. The Labute approximate surface area is 160 Å². The predicted octanol–water partition coefficient (Wildman–Crippen LogP) is 5.72. The molecule has 2 aromatic rings. The van der Waals surface area contributed by atoms with Crippen molar-refractivity contribution in [2.45, 2.75) is 58.3 Å². The van der Waals surface area contributed by atoms with E-state index < -0.39 is 0 Å². The second kappa shape index (κ2) is 6.77. The molecule has 0 bridgehead atoms. The van der Waals surface area contributed by atoms with Gasteiger partial charge in [-0.1, -0.05) is 56.7 Å². The molecule has 4 rings (SSSR count). The van der Waals surface area contributed by atoms with Gasteiger partial charge in [-0.2, -0.15) is 0 Å². The second-order valence-corrected chi connectivity index (χ2v) is 9.09. The van der Waals surface area contributed by atoms with Crippen LogP contribution in [0.1, 0.15) is 62.6 Å². The first-order valence-corrected chi connectivity index (χ1v) is 10.7. The molecule has 26 heavy (non-hydrogen) atoms. The molecular weight excluding hydrogens is 338 g/mol. The first-order valence-electron chi connectivity index (χ1n) is 9.80. The molecule has 1 heterocycles. The van der Waals surface area contributed by atoms with Crippen molar-refractivity contribution in [1.82, 2.24) is 4.98 Å². The van der Waals surface area contributed by atoms with Crippen molar-refractivity contribution in [3.8, 4) is 0 Å². The molecule has 0 radical (unpaired) electrons. The minimum atomic E-state index is -0.300. The van der Waals surface area contributed by atoms with Crippen LogP contribution in [-0.2, 0) is 16.6 Å². The van der Waals surface area contributed by atoms with Crippen LogP contribution in [0.2, 0.25) is 0 Å². The third-order valence-corrected chi connectivity index (χ3v) is 7.11. The monoisotopic (exact) mass is 365 g/mol. The number of hydrogen-bond donors (Lipinski definition) is 0. The van der Waals surface area contributed by atoms with Crippen molar-refractivity contribution < 1.29 is 4.79 Å². The summed E-state index contributed by atoms with van der Waals surface area (Å²) in [6, 6.07) is 10.6. The minimum Gasteiger partial charge on any atom is -0.294 e. The number of ketones is 1. The van der Waals surface area contributed by atoms with E-state index in [9.17, 15) is 4.79 Å². The van der Waals surface area contributed by atoms with Crippen LogP contribution in [0.5, 0.6) is 0 Å². The summed E-state index contributed by atoms with van der Waals surface area (Å²) in [5.41, 5.74) is 6.56. The van der Waals surface area contributed by atoms with Crippen LogP contribution in [0.15, 0.2) is 47.0 Å². The Hall–Kier alpha value is -1.74. The van der Waals surface area contributed by atoms with Gasteiger partial charge in [-0.3, -0.25) is 4.79 Å². The van der Waals surface area contributed by atoms with Gasteiger partial charge in [0.1, 0.15) is 0 Å². The number of benzene rings is 1. The number of nitrogens with zero attached hydrogens (tertiary/aromatic N) is 1.